The molecule has 1 rings (SSSR count). The predicted molar refractivity (Wildman–Crippen MR) is 53.6 cm³/mol. The second-order valence-corrected chi connectivity index (χ2v) is 4.18. The van der Waals surface area contributed by atoms with Crippen molar-refractivity contribution < 1.29 is 9.90 Å². The first-order valence-corrected chi connectivity index (χ1v) is 5.27. The van der Waals surface area contributed by atoms with Crippen molar-refractivity contribution in [1.82, 2.24) is 15.5 Å². The maximum absolute atomic E-state index is 11.4. The fraction of sp³-hybridized carbons (Fsp3) is 0.571. The molecule has 78 valence electrons. The zero-order valence-corrected chi connectivity index (χ0v) is 9.10. The monoisotopic (exact) mass is 235 g/mol. The standard InChI is InChI=1S/C7H10ClN3O2S/c1-2-4(3-12)9-5(13)6-10-11-7(8)14-6/h4,12H,2-3H2,1H3,(H,9,13)/t4-/m0/s1. The highest BCUT2D eigenvalue weighted by Crippen LogP contribution is 2.14. The average molecular weight is 236 g/mol. The Morgan fingerprint density at radius 1 is 1.71 bits per heavy atom. The van der Waals surface area contributed by atoms with E-state index in [-0.39, 0.29) is 28.0 Å². The lowest BCUT2D eigenvalue weighted by molar-refractivity contribution is 0.0914. The minimum atomic E-state index is -0.352. The lowest BCUT2D eigenvalue weighted by Crippen LogP contribution is -2.36. The predicted octanol–water partition coefficient (Wildman–Crippen LogP) is 0.692. The number of halogens is 1. The molecule has 14 heavy (non-hydrogen) atoms. The van der Waals surface area contributed by atoms with Crippen molar-refractivity contribution in [2.24, 2.45) is 0 Å². The summed E-state index contributed by atoms with van der Waals surface area (Å²) in [7, 11) is 0. The first-order chi connectivity index (χ1) is 6.67. The van der Waals surface area contributed by atoms with Crippen molar-refractivity contribution in [3.05, 3.63) is 9.47 Å². The Balaban J connectivity index is 2.58. The highest BCUT2D eigenvalue weighted by atomic mass is 35.5. The highest BCUT2D eigenvalue weighted by molar-refractivity contribution is 7.17. The maximum Gasteiger partial charge on any atom is 0.282 e. The van der Waals surface area contributed by atoms with E-state index >= 15 is 0 Å². The molecular formula is C7H10ClN3O2S. The van der Waals surface area contributed by atoms with Gasteiger partial charge in [0.15, 0.2) is 0 Å². The molecule has 1 amide bonds. The number of hydrogen-bond acceptors (Lipinski definition) is 5. The third kappa shape index (κ3) is 2.90. The summed E-state index contributed by atoms with van der Waals surface area (Å²) in [5.74, 6) is -0.352. The van der Waals surface area contributed by atoms with Gasteiger partial charge < -0.3 is 10.4 Å². The van der Waals surface area contributed by atoms with Gasteiger partial charge in [0, 0.05) is 0 Å². The summed E-state index contributed by atoms with van der Waals surface area (Å²) in [6, 6.07) is -0.245. The molecule has 0 unspecified atom stereocenters. The van der Waals surface area contributed by atoms with Gasteiger partial charge in [-0.05, 0) is 18.0 Å². The van der Waals surface area contributed by atoms with Crippen LogP contribution in [-0.2, 0) is 0 Å². The number of nitrogens with one attached hydrogen (secondary N) is 1. The summed E-state index contributed by atoms with van der Waals surface area (Å²) in [6.07, 6.45) is 0.661. The van der Waals surface area contributed by atoms with E-state index in [4.69, 9.17) is 16.7 Å². The summed E-state index contributed by atoms with van der Waals surface area (Å²) in [5, 5.41) is 18.8. The summed E-state index contributed by atoms with van der Waals surface area (Å²) >= 11 is 6.53. The van der Waals surface area contributed by atoms with Crippen LogP contribution in [0.25, 0.3) is 0 Å². The van der Waals surface area contributed by atoms with Crippen molar-refractivity contribution in [3.63, 3.8) is 0 Å². The average Bonchev–Trinajstić information content (AvgIpc) is 2.61. The molecule has 7 heteroatoms. The molecule has 0 fully saturated rings. The van der Waals surface area contributed by atoms with Gasteiger partial charge in [-0.25, -0.2) is 0 Å². The van der Waals surface area contributed by atoms with Gasteiger partial charge in [-0.2, -0.15) is 0 Å². The van der Waals surface area contributed by atoms with Crippen LogP contribution in [0.3, 0.4) is 0 Å². The third-order valence-electron chi connectivity index (χ3n) is 1.64. The Morgan fingerprint density at radius 2 is 2.43 bits per heavy atom. The number of aliphatic hydroxyl groups excluding tert-OH is 1. The van der Waals surface area contributed by atoms with Gasteiger partial charge in [-0.1, -0.05) is 18.3 Å². The minimum Gasteiger partial charge on any atom is -0.394 e. The maximum atomic E-state index is 11.4. The first-order valence-electron chi connectivity index (χ1n) is 4.08. The fourth-order valence-electron chi connectivity index (χ4n) is 0.821. The summed E-state index contributed by atoms with van der Waals surface area (Å²) < 4.78 is 0.229. The van der Waals surface area contributed by atoms with Gasteiger partial charge in [0.25, 0.3) is 5.91 Å². The Labute approximate surface area is 90.1 Å². The van der Waals surface area contributed by atoms with Gasteiger partial charge in [-0.3, -0.25) is 4.79 Å². The molecule has 1 aromatic heterocycles. The van der Waals surface area contributed by atoms with Crippen molar-refractivity contribution in [2.75, 3.05) is 6.61 Å². The number of rotatable bonds is 4. The first kappa shape index (κ1) is 11.4. The number of aromatic nitrogens is 2. The Bertz CT molecular complexity index is 314. The number of hydrogen-bond donors (Lipinski definition) is 2. The van der Waals surface area contributed by atoms with Crippen LogP contribution in [0.4, 0.5) is 0 Å². The molecule has 1 aromatic rings. The molecule has 0 aliphatic heterocycles. The quantitative estimate of drug-likeness (QED) is 0.805. The van der Waals surface area contributed by atoms with Crippen LogP contribution in [0.2, 0.25) is 4.47 Å². The second kappa shape index (κ2) is 5.23. The van der Waals surface area contributed by atoms with Crippen LogP contribution in [0.1, 0.15) is 23.1 Å². The van der Waals surface area contributed by atoms with Crippen molar-refractivity contribution in [3.8, 4) is 0 Å². The number of aliphatic hydroxyl groups is 1. The van der Waals surface area contributed by atoms with E-state index in [1.54, 1.807) is 0 Å². The van der Waals surface area contributed by atoms with Gasteiger partial charge >= 0.3 is 0 Å². The van der Waals surface area contributed by atoms with Crippen molar-refractivity contribution >= 4 is 28.8 Å². The van der Waals surface area contributed by atoms with E-state index in [0.29, 0.717) is 6.42 Å². The molecule has 0 aromatic carbocycles. The largest absolute Gasteiger partial charge is 0.394 e. The zero-order chi connectivity index (χ0) is 10.6. The molecule has 0 aliphatic rings. The summed E-state index contributed by atoms with van der Waals surface area (Å²) in [6.45, 7) is 1.78. The van der Waals surface area contributed by atoms with E-state index in [1.807, 2.05) is 6.92 Å². The van der Waals surface area contributed by atoms with Gasteiger partial charge in [0.05, 0.1) is 12.6 Å². The molecule has 0 spiro atoms. The Kier molecular flexibility index (Phi) is 4.24. The normalized spacial score (nSPS) is 12.5. The molecule has 5 nitrogen and oxygen atoms in total. The van der Waals surface area contributed by atoms with Crippen LogP contribution in [0.15, 0.2) is 0 Å². The molecule has 0 saturated carbocycles. The van der Waals surface area contributed by atoms with Crippen LogP contribution < -0.4 is 5.32 Å². The van der Waals surface area contributed by atoms with Crippen LogP contribution in [0, 0.1) is 0 Å². The highest BCUT2D eigenvalue weighted by Gasteiger charge is 2.15. The van der Waals surface area contributed by atoms with Gasteiger partial charge in [-0.15, -0.1) is 10.2 Å². The lowest BCUT2D eigenvalue weighted by atomic mass is 10.2. The minimum absolute atomic E-state index is 0.0885. The molecule has 1 heterocycles. The Hall–Kier alpha value is -0.720. The molecule has 2 N–H and O–H groups in total. The topological polar surface area (TPSA) is 75.1 Å². The summed E-state index contributed by atoms with van der Waals surface area (Å²) in [4.78, 5) is 11.4. The molecule has 0 saturated heterocycles. The number of carbonyl (C=O) groups is 1. The van der Waals surface area contributed by atoms with E-state index in [2.05, 4.69) is 15.5 Å². The van der Waals surface area contributed by atoms with Crippen molar-refractivity contribution in [1.29, 1.82) is 0 Å². The van der Waals surface area contributed by atoms with Crippen LogP contribution in [0.5, 0.6) is 0 Å². The van der Waals surface area contributed by atoms with Crippen LogP contribution >= 0.6 is 22.9 Å². The Morgan fingerprint density at radius 3 is 2.86 bits per heavy atom. The lowest BCUT2D eigenvalue weighted by Gasteiger charge is -2.11. The van der Waals surface area contributed by atoms with Crippen LogP contribution in [-0.4, -0.2) is 33.9 Å². The van der Waals surface area contributed by atoms with E-state index in [1.165, 1.54) is 0 Å². The molecular weight excluding hydrogens is 226 g/mol. The van der Waals surface area contributed by atoms with Gasteiger partial charge in [0.2, 0.25) is 9.47 Å². The second-order valence-electron chi connectivity index (χ2n) is 2.62. The fourth-order valence-corrected chi connectivity index (χ4v) is 1.55. The van der Waals surface area contributed by atoms with E-state index < -0.39 is 0 Å². The van der Waals surface area contributed by atoms with Gasteiger partial charge in [0.1, 0.15) is 0 Å². The zero-order valence-electron chi connectivity index (χ0n) is 7.53. The SMILES string of the molecule is CC[C@@H](CO)NC(=O)c1nnc(Cl)s1. The van der Waals surface area contributed by atoms with E-state index in [9.17, 15) is 4.79 Å². The number of nitrogens with zero attached hydrogens (tertiary/aromatic N) is 2. The molecule has 1 atom stereocenters. The summed E-state index contributed by atoms with van der Waals surface area (Å²) in [5.41, 5.74) is 0. The molecule has 0 radical (unpaired) electrons. The third-order valence-corrected chi connectivity index (χ3v) is 2.66. The number of carbonyl (C=O) groups excluding carboxylic acids is 1. The van der Waals surface area contributed by atoms with Crippen molar-refractivity contribution in [2.45, 2.75) is 19.4 Å². The smallest absolute Gasteiger partial charge is 0.282 e. The number of amides is 1. The molecule has 0 aliphatic carbocycles. The van der Waals surface area contributed by atoms with E-state index in [0.717, 1.165) is 11.3 Å². The molecule has 0 bridgehead atoms.